The summed E-state index contributed by atoms with van der Waals surface area (Å²) in [5, 5.41) is 3.33. The van der Waals surface area contributed by atoms with Gasteiger partial charge in [-0.25, -0.2) is 4.98 Å². The monoisotopic (exact) mass is 367 g/mol. The second kappa shape index (κ2) is 10.6. The van der Waals surface area contributed by atoms with Gasteiger partial charge in [0, 0.05) is 59.2 Å². The van der Waals surface area contributed by atoms with Crippen LogP contribution in [0, 0.1) is 0 Å². The highest BCUT2D eigenvalue weighted by molar-refractivity contribution is 5.48. The maximum Gasteiger partial charge on any atom is 0.227 e. The fraction of sp³-hybridized carbons (Fsp3) is 0.429. The summed E-state index contributed by atoms with van der Waals surface area (Å²) >= 11 is 0. The standard InChI is InChI=1S/C21H29N5O/c1-27-18-6-11-22-20-10-12-23-21(24-20)26-16-14-25(15-17-26)13-5-9-19-7-3-2-4-8-19/h2-5,7-10,12H,6,11,13-18H2,1H3,(H,22,23,24)/b9-5+. The van der Waals surface area contributed by atoms with Crippen molar-refractivity contribution in [3.05, 3.63) is 54.2 Å². The number of anilines is 2. The van der Waals surface area contributed by atoms with E-state index in [-0.39, 0.29) is 0 Å². The molecule has 0 radical (unpaired) electrons. The lowest BCUT2D eigenvalue weighted by atomic mass is 10.2. The van der Waals surface area contributed by atoms with Gasteiger partial charge in [0.25, 0.3) is 0 Å². The fourth-order valence-corrected chi connectivity index (χ4v) is 3.06. The van der Waals surface area contributed by atoms with Crippen LogP contribution in [-0.2, 0) is 4.74 Å². The Morgan fingerprint density at radius 2 is 1.93 bits per heavy atom. The molecule has 3 rings (SSSR count). The number of methoxy groups -OCH3 is 1. The van der Waals surface area contributed by atoms with E-state index in [1.54, 1.807) is 7.11 Å². The molecular formula is C21H29N5O. The van der Waals surface area contributed by atoms with E-state index >= 15 is 0 Å². The summed E-state index contributed by atoms with van der Waals surface area (Å²) in [6, 6.07) is 12.4. The SMILES string of the molecule is COCCCNc1ccnc(N2CCN(C/C=C/c3ccccc3)CC2)n1. The zero-order valence-electron chi connectivity index (χ0n) is 16.1. The number of hydrogen-bond acceptors (Lipinski definition) is 6. The van der Waals surface area contributed by atoms with Gasteiger partial charge in [-0.15, -0.1) is 0 Å². The van der Waals surface area contributed by atoms with Crippen molar-refractivity contribution in [2.75, 3.05) is 63.2 Å². The Labute approximate surface area is 161 Å². The lowest BCUT2D eigenvalue weighted by Gasteiger charge is -2.34. The van der Waals surface area contributed by atoms with Gasteiger partial charge in [-0.3, -0.25) is 4.90 Å². The molecule has 2 aromatic rings. The Morgan fingerprint density at radius 1 is 1.11 bits per heavy atom. The van der Waals surface area contributed by atoms with Gasteiger partial charge in [0.15, 0.2) is 0 Å². The van der Waals surface area contributed by atoms with Crippen LogP contribution in [0.4, 0.5) is 11.8 Å². The quantitative estimate of drug-likeness (QED) is 0.688. The lowest BCUT2D eigenvalue weighted by molar-refractivity contribution is 0.198. The third kappa shape index (κ3) is 6.34. The Kier molecular flexibility index (Phi) is 7.62. The molecule has 2 heterocycles. The van der Waals surface area contributed by atoms with E-state index in [1.165, 1.54) is 5.56 Å². The molecule has 0 aliphatic carbocycles. The average Bonchev–Trinajstić information content (AvgIpc) is 2.73. The van der Waals surface area contributed by atoms with Crippen LogP contribution >= 0.6 is 0 Å². The van der Waals surface area contributed by atoms with Crippen molar-refractivity contribution in [2.24, 2.45) is 0 Å². The van der Waals surface area contributed by atoms with E-state index in [2.05, 4.69) is 61.5 Å². The zero-order valence-corrected chi connectivity index (χ0v) is 16.1. The van der Waals surface area contributed by atoms with Crippen LogP contribution in [0.5, 0.6) is 0 Å². The van der Waals surface area contributed by atoms with Crippen LogP contribution in [0.2, 0.25) is 0 Å². The first kappa shape index (κ1) is 19.3. The predicted octanol–water partition coefficient (Wildman–Crippen LogP) is 2.76. The second-order valence-corrected chi connectivity index (χ2v) is 6.62. The number of nitrogens with zero attached hydrogens (tertiary/aromatic N) is 4. The van der Waals surface area contributed by atoms with Crippen molar-refractivity contribution in [3.8, 4) is 0 Å². The van der Waals surface area contributed by atoms with E-state index in [0.29, 0.717) is 0 Å². The number of hydrogen-bond donors (Lipinski definition) is 1. The van der Waals surface area contributed by atoms with Crippen molar-refractivity contribution >= 4 is 17.8 Å². The smallest absolute Gasteiger partial charge is 0.227 e. The van der Waals surface area contributed by atoms with Crippen LogP contribution < -0.4 is 10.2 Å². The number of piperazine rings is 1. The second-order valence-electron chi connectivity index (χ2n) is 6.62. The van der Waals surface area contributed by atoms with Crippen LogP contribution in [0.3, 0.4) is 0 Å². The van der Waals surface area contributed by atoms with Crippen LogP contribution in [0.25, 0.3) is 6.08 Å². The molecule has 1 N–H and O–H groups in total. The molecule has 1 aliphatic heterocycles. The van der Waals surface area contributed by atoms with E-state index in [1.807, 2.05) is 18.3 Å². The largest absolute Gasteiger partial charge is 0.385 e. The number of benzene rings is 1. The summed E-state index contributed by atoms with van der Waals surface area (Å²) in [6.45, 7) is 6.53. The fourth-order valence-electron chi connectivity index (χ4n) is 3.06. The molecule has 1 saturated heterocycles. The maximum atomic E-state index is 5.07. The summed E-state index contributed by atoms with van der Waals surface area (Å²) in [4.78, 5) is 13.8. The number of rotatable bonds is 9. The Balaban J connectivity index is 1.44. The minimum Gasteiger partial charge on any atom is -0.385 e. The van der Waals surface area contributed by atoms with Gasteiger partial charge in [0.05, 0.1) is 0 Å². The lowest BCUT2D eigenvalue weighted by Crippen LogP contribution is -2.47. The van der Waals surface area contributed by atoms with Gasteiger partial charge >= 0.3 is 0 Å². The Morgan fingerprint density at radius 3 is 2.70 bits per heavy atom. The number of aromatic nitrogens is 2. The third-order valence-electron chi connectivity index (χ3n) is 4.60. The summed E-state index contributed by atoms with van der Waals surface area (Å²) in [5.74, 6) is 1.69. The highest BCUT2D eigenvalue weighted by Gasteiger charge is 2.18. The van der Waals surface area contributed by atoms with E-state index in [9.17, 15) is 0 Å². The number of ether oxygens (including phenoxy) is 1. The highest BCUT2D eigenvalue weighted by atomic mass is 16.5. The molecule has 1 aromatic heterocycles. The highest BCUT2D eigenvalue weighted by Crippen LogP contribution is 2.13. The first-order chi connectivity index (χ1) is 13.3. The molecular weight excluding hydrogens is 338 g/mol. The van der Waals surface area contributed by atoms with Gasteiger partial charge < -0.3 is 15.0 Å². The summed E-state index contributed by atoms with van der Waals surface area (Å²) in [6.07, 6.45) is 7.22. The minimum absolute atomic E-state index is 0.756. The Hall–Kier alpha value is -2.44. The van der Waals surface area contributed by atoms with Crippen molar-refractivity contribution in [3.63, 3.8) is 0 Å². The van der Waals surface area contributed by atoms with Crippen LogP contribution in [0.1, 0.15) is 12.0 Å². The summed E-state index contributed by atoms with van der Waals surface area (Å²) < 4.78 is 5.07. The molecule has 6 heteroatoms. The van der Waals surface area contributed by atoms with Crippen molar-refractivity contribution in [1.82, 2.24) is 14.9 Å². The molecule has 0 bridgehead atoms. The maximum absolute atomic E-state index is 5.07. The first-order valence-corrected chi connectivity index (χ1v) is 9.60. The topological polar surface area (TPSA) is 53.5 Å². The molecule has 27 heavy (non-hydrogen) atoms. The molecule has 144 valence electrons. The van der Waals surface area contributed by atoms with Gasteiger partial charge in [-0.2, -0.15) is 4.98 Å². The van der Waals surface area contributed by atoms with Crippen molar-refractivity contribution < 1.29 is 4.74 Å². The van der Waals surface area contributed by atoms with Crippen molar-refractivity contribution in [2.45, 2.75) is 6.42 Å². The van der Waals surface area contributed by atoms with E-state index in [4.69, 9.17) is 4.74 Å². The molecule has 0 unspecified atom stereocenters. The average molecular weight is 367 g/mol. The molecule has 1 aliphatic rings. The van der Waals surface area contributed by atoms with E-state index in [0.717, 1.165) is 64.1 Å². The molecule has 0 spiro atoms. The molecule has 0 atom stereocenters. The van der Waals surface area contributed by atoms with Crippen molar-refractivity contribution in [1.29, 1.82) is 0 Å². The van der Waals surface area contributed by atoms with Gasteiger partial charge in [0.1, 0.15) is 5.82 Å². The Bertz CT molecular complexity index is 699. The number of nitrogens with one attached hydrogen (secondary N) is 1. The van der Waals surface area contributed by atoms with Gasteiger partial charge in [-0.1, -0.05) is 42.5 Å². The molecule has 1 fully saturated rings. The normalized spacial score (nSPS) is 15.4. The molecule has 0 amide bonds. The van der Waals surface area contributed by atoms with Gasteiger partial charge in [-0.05, 0) is 18.1 Å². The first-order valence-electron chi connectivity index (χ1n) is 9.60. The summed E-state index contributed by atoms with van der Waals surface area (Å²) in [5.41, 5.74) is 1.25. The molecule has 0 saturated carbocycles. The van der Waals surface area contributed by atoms with Crippen LogP contribution in [-0.4, -0.2) is 67.9 Å². The van der Waals surface area contributed by atoms with Gasteiger partial charge in [0.2, 0.25) is 5.95 Å². The van der Waals surface area contributed by atoms with E-state index < -0.39 is 0 Å². The van der Waals surface area contributed by atoms with Crippen LogP contribution in [0.15, 0.2) is 48.7 Å². The summed E-state index contributed by atoms with van der Waals surface area (Å²) in [7, 11) is 1.72. The third-order valence-corrected chi connectivity index (χ3v) is 4.60. The molecule has 1 aromatic carbocycles. The minimum atomic E-state index is 0.756. The zero-order chi connectivity index (χ0) is 18.7. The predicted molar refractivity (Wildman–Crippen MR) is 111 cm³/mol. The molecule has 6 nitrogen and oxygen atoms in total.